The van der Waals surface area contributed by atoms with Crippen molar-refractivity contribution < 1.29 is 8.83 Å². The minimum absolute atomic E-state index is 0.657. The minimum Gasteiger partial charge on any atom is -0.456 e. The normalized spacial score (nSPS) is 11.6. The summed E-state index contributed by atoms with van der Waals surface area (Å²) in [5.74, 6) is 0.657. The average Bonchev–Trinajstić information content (AvgIpc) is 3.66. The van der Waals surface area contributed by atoms with Crippen LogP contribution in [0.3, 0.4) is 0 Å². The summed E-state index contributed by atoms with van der Waals surface area (Å²) in [6.07, 6.45) is 0. The number of rotatable bonds is 4. The largest absolute Gasteiger partial charge is 0.456 e. The molecule has 0 amide bonds. The van der Waals surface area contributed by atoms with E-state index < -0.39 is 0 Å². The van der Waals surface area contributed by atoms with E-state index in [0.29, 0.717) is 5.82 Å². The van der Waals surface area contributed by atoms with Gasteiger partial charge in [0, 0.05) is 38.2 Å². The average molecular weight is 565 g/mol. The van der Waals surface area contributed by atoms with E-state index in [-0.39, 0.29) is 0 Å². The van der Waals surface area contributed by atoms with Crippen molar-refractivity contribution >= 4 is 43.9 Å². The molecule has 0 fully saturated rings. The molecule has 3 heterocycles. The maximum atomic E-state index is 6.23. The van der Waals surface area contributed by atoms with E-state index in [1.54, 1.807) is 0 Å². The van der Waals surface area contributed by atoms with E-state index in [9.17, 15) is 0 Å². The zero-order chi connectivity index (χ0) is 29.0. The smallest absolute Gasteiger partial charge is 0.160 e. The van der Waals surface area contributed by atoms with Gasteiger partial charge in [0.25, 0.3) is 0 Å². The highest BCUT2D eigenvalue weighted by Gasteiger charge is 2.15. The summed E-state index contributed by atoms with van der Waals surface area (Å²) in [6.45, 7) is 0. The van der Waals surface area contributed by atoms with Gasteiger partial charge >= 0.3 is 0 Å². The SMILES string of the molecule is c1ccc(-c2cccc(-c3nc(-c4ccc5c(c4)oc4ccccc45)cc(-c4ccc5c(c4)oc4ccccc45)n3)c2)cc1. The van der Waals surface area contributed by atoms with Crippen molar-refractivity contribution in [1.82, 2.24) is 9.97 Å². The summed E-state index contributed by atoms with van der Waals surface area (Å²) in [4.78, 5) is 10.2. The Labute approximate surface area is 252 Å². The van der Waals surface area contributed by atoms with Gasteiger partial charge < -0.3 is 8.83 Å². The van der Waals surface area contributed by atoms with E-state index in [0.717, 1.165) is 83.1 Å². The van der Waals surface area contributed by atoms with Gasteiger partial charge in [0.2, 0.25) is 0 Å². The van der Waals surface area contributed by atoms with Gasteiger partial charge in [0.05, 0.1) is 11.4 Å². The lowest BCUT2D eigenvalue weighted by atomic mass is 10.0. The summed E-state index contributed by atoms with van der Waals surface area (Å²) >= 11 is 0. The third-order valence-corrected chi connectivity index (χ3v) is 8.30. The van der Waals surface area contributed by atoms with Gasteiger partial charge in [-0.25, -0.2) is 9.97 Å². The second kappa shape index (κ2) is 9.79. The number of hydrogen-bond acceptors (Lipinski definition) is 4. The highest BCUT2D eigenvalue weighted by atomic mass is 16.3. The van der Waals surface area contributed by atoms with E-state index in [1.165, 1.54) is 0 Å². The van der Waals surface area contributed by atoms with Crippen molar-refractivity contribution in [1.29, 1.82) is 0 Å². The van der Waals surface area contributed by atoms with Crippen LogP contribution in [0, 0.1) is 0 Å². The predicted octanol–water partition coefficient (Wildman–Crippen LogP) is 10.9. The molecule has 0 atom stereocenters. The van der Waals surface area contributed by atoms with Gasteiger partial charge in [-0.05, 0) is 59.7 Å². The van der Waals surface area contributed by atoms with Crippen molar-refractivity contribution in [2.75, 3.05) is 0 Å². The molecule has 6 aromatic carbocycles. The van der Waals surface area contributed by atoms with Crippen LogP contribution in [0.25, 0.3) is 88.9 Å². The molecule has 0 unspecified atom stereocenters. The molecule has 0 aliphatic rings. The summed E-state index contributed by atoms with van der Waals surface area (Å²) in [7, 11) is 0. The molecule has 4 heteroatoms. The van der Waals surface area contributed by atoms with Crippen LogP contribution in [0.5, 0.6) is 0 Å². The minimum atomic E-state index is 0.657. The van der Waals surface area contributed by atoms with E-state index >= 15 is 0 Å². The third kappa shape index (κ3) is 4.08. The Kier molecular flexibility index (Phi) is 5.47. The topological polar surface area (TPSA) is 52.1 Å². The fraction of sp³-hybridized carbons (Fsp3) is 0. The van der Waals surface area contributed by atoms with Gasteiger partial charge in [-0.3, -0.25) is 0 Å². The molecule has 3 aromatic heterocycles. The van der Waals surface area contributed by atoms with E-state index in [2.05, 4.69) is 103 Å². The van der Waals surface area contributed by atoms with Crippen molar-refractivity contribution in [3.63, 3.8) is 0 Å². The van der Waals surface area contributed by atoms with Crippen molar-refractivity contribution in [2.24, 2.45) is 0 Å². The quantitative estimate of drug-likeness (QED) is 0.213. The van der Waals surface area contributed by atoms with Gasteiger partial charge in [-0.15, -0.1) is 0 Å². The van der Waals surface area contributed by atoms with Crippen LogP contribution in [0.2, 0.25) is 0 Å². The van der Waals surface area contributed by atoms with Crippen LogP contribution in [-0.2, 0) is 0 Å². The maximum absolute atomic E-state index is 6.23. The number of nitrogens with zero attached hydrogens (tertiary/aromatic N) is 2. The van der Waals surface area contributed by atoms with Crippen molar-refractivity contribution in [3.05, 3.63) is 146 Å². The summed E-state index contributed by atoms with van der Waals surface area (Å²) in [5, 5.41) is 4.39. The Morgan fingerprint density at radius 1 is 0.318 bits per heavy atom. The van der Waals surface area contributed by atoms with Crippen LogP contribution in [-0.4, -0.2) is 9.97 Å². The van der Waals surface area contributed by atoms with Gasteiger partial charge in [0.1, 0.15) is 22.3 Å². The Morgan fingerprint density at radius 3 is 1.43 bits per heavy atom. The van der Waals surface area contributed by atoms with Gasteiger partial charge in [0.15, 0.2) is 5.82 Å². The van der Waals surface area contributed by atoms with Gasteiger partial charge in [-0.2, -0.15) is 0 Å². The second-order valence-electron chi connectivity index (χ2n) is 11.0. The van der Waals surface area contributed by atoms with E-state index in [4.69, 9.17) is 18.8 Å². The summed E-state index contributed by atoms with van der Waals surface area (Å²) in [6, 6.07) is 49.7. The lowest BCUT2D eigenvalue weighted by molar-refractivity contribution is 0.668. The molecule has 0 aliphatic carbocycles. The fourth-order valence-electron chi connectivity index (χ4n) is 6.11. The van der Waals surface area contributed by atoms with Gasteiger partial charge in [-0.1, -0.05) is 97.1 Å². The molecule has 0 saturated heterocycles. The first-order chi connectivity index (χ1) is 21.8. The third-order valence-electron chi connectivity index (χ3n) is 8.30. The number of benzene rings is 6. The molecule has 206 valence electrons. The highest BCUT2D eigenvalue weighted by Crippen LogP contribution is 2.36. The Bertz CT molecular complexity index is 2370. The summed E-state index contributed by atoms with van der Waals surface area (Å²) in [5.41, 5.74) is 10.2. The highest BCUT2D eigenvalue weighted by molar-refractivity contribution is 6.07. The second-order valence-corrected chi connectivity index (χ2v) is 11.0. The molecule has 9 aromatic rings. The zero-order valence-corrected chi connectivity index (χ0v) is 23.6. The molecule has 44 heavy (non-hydrogen) atoms. The number of furan rings is 2. The Balaban J connectivity index is 1.24. The standard InChI is InChI=1S/C40H24N2O2/c1-2-9-25(10-3-1)26-11-8-12-29(21-26)40-41-34(27-17-19-32-30-13-4-6-15-36(30)43-38(32)22-27)24-35(42-40)28-18-20-33-31-14-5-7-16-37(31)44-39(33)23-28/h1-24H. The monoisotopic (exact) mass is 564 g/mol. The Morgan fingerprint density at radius 2 is 0.818 bits per heavy atom. The number of hydrogen-bond donors (Lipinski definition) is 0. The van der Waals surface area contributed by atoms with Crippen LogP contribution in [0.15, 0.2) is 154 Å². The number of fused-ring (bicyclic) bond motifs is 6. The first-order valence-corrected chi connectivity index (χ1v) is 14.7. The predicted molar refractivity (Wildman–Crippen MR) is 178 cm³/mol. The van der Waals surface area contributed by atoms with Crippen LogP contribution in [0.1, 0.15) is 0 Å². The fourth-order valence-corrected chi connectivity index (χ4v) is 6.11. The lowest BCUT2D eigenvalue weighted by Crippen LogP contribution is -1.96. The lowest BCUT2D eigenvalue weighted by Gasteiger charge is -2.11. The molecule has 0 saturated carbocycles. The van der Waals surface area contributed by atoms with Crippen LogP contribution >= 0.6 is 0 Å². The number of aromatic nitrogens is 2. The van der Waals surface area contributed by atoms with Crippen LogP contribution < -0.4 is 0 Å². The molecule has 0 bridgehead atoms. The van der Waals surface area contributed by atoms with E-state index in [1.807, 2.05) is 42.5 Å². The molecular formula is C40H24N2O2. The molecule has 0 radical (unpaired) electrons. The zero-order valence-electron chi connectivity index (χ0n) is 23.6. The number of para-hydroxylation sites is 2. The summed E-state index contributed by atoms with van der Waals surface area (Å²) < 4.78 is 12.5. The molecule has 4 nitrogen and oxygen atoms in total. The van der Waals surface area contributed by atoms with Crippen LogP contribution in [0.4, 0.5) is 0 Å². The van der Waals surface area contributed by atoms with Crippen molar-refractivity contribution in [3.8, 4) is 45.0 Å². The molecule has 0 spiro atoms. The first-order valence-electron chi connectivity index (χ1n) is 14.7. The Hall–Kier alpha value is -6.00. The molecule has 9 rings (SSSR count). The molecule has 0 N–H and O–H groups in total. The maximum Gasteiger partial charge on any atom is 0.160 e. The molecule has 0 aliphatic heterocycles. The van der Waals surface area contributed by atoms with Crippen molar-refractivity contribution in [2.45, 2.75) is 0 Å². The molecular weight excluding hydrogens is 540 g/mol. The first kappa shape index (κ1) is 24.6.